The first-order valence-electron chi connectivity index (χ1n) is 9.33. The van der Waals surface area contributed by atoms with Crippen LogP contribution < -0.4 is 0 Å². The SMILES string of the molecule is C[Si](C)(C)O[Si](C)(C)CCCOC(=O)/C=C/C(=O)OC1CCCCC1. The van der Waals surface area contributed by atoms with Crippen LogP contribution in [-0.2, 0) is 23.2 Å². The average Bonchev–Trinajstić information content (AvgIpc) is 2.48. The Hall–Kier alpha value is -0.926. The fraction of sp³-hybridized carbons (Fsp3) is 0.778. The summed E-state index contributed by atoms with van der Waals surface area (Å²) in [6.45, 7) is 11.3. The van der Waals surface area contributed by atoms with E-state index in [1.54, 1.807) is 0 Å². The van der Waals surface area contributed by atoms with E-state index in [0.29, 0.717) is 6.61 Å². The van der Waals surface area contributed by atoms with Crippen molar-refractivity contribution in [3.63, 3.8) is 0 Å². The highest BCUT2D eigenvalue weighted by Gasteiger charge is 2.29. The summed E-state index contributed by atoms with van der Waals surface area (Å²) in [6.07, 6.45) is 8.37. The van der Waals surface area contributed by atoms with Crippen molar-refractivity contribution < 1.29 is 23.2 Å². The molecule has 0 N–H and O–H groups in total. The second kappa shape index (κ2) is 10.3. The Labute approximate surface area is 154 Å². The Morgan fingerprint density at radius 3 is 2.16 bits per heavy atom. The summed E-state index contributed by atoms with van der Waals surface area (Å²) in [6, 6.07) is 0.956. The van der Waals surface area contributed by atoms with Crippen LogP contribution >= 0.6 is 0 Å². The third kappa shape index (κ3) is 11.3. The first-order valence-corrected chi connectivity index (χ1v) is 15.9. The Bertz CT molecular complexity index is 463. The van der Waals surface area contributed by atoms with E-state index >= 15 is 0 Å². The van der Waals surface area contributed by atoms with Gasteiger partial charge in [-0.2, -0.15) is 0 Å². The number of rotatable bonds is 9. The van der Waals surface area contributed by atoms with Gasteiger partial charge in [0.05, 0.1) is 6.61 Å². The van der Waals surface area contributed by atoms with Crippen molar-refractivity contribution in [2.75, 3.05) is 6.61 Å². The zero-order chi connectivity index (χ0) is 18.9. The molecule has 0 amide bonds. The molecule has 0 radical (unpaired) electrons. The monoisotopic (exact) mass is 386 g/mol. The van der Waals surface area contributed by atoms with Crippen LogP contribution in [0.2, 0.25) is 38.8 Å². The smallest absolute Gasteiger partial charge is 0.331 e. The molecule has 1 fully saturated rings. The number of carbonyl (C=O) groups is 2. The van der Waals surface area contributed by atoms with Crippen LogP contribution in [0.1, 0.15) is 38.5 Å². The second-order valence-electron chi connectivity index (χ2n) is 8.28. The van der Waals surface area contributed by atoms with E-state index in [9.17, 15) is 9.59 Å². The summed E-state index contributed by atoms with van der Waals surface area (Å²) in [5.41, 5.74) is 0. The minimum absolute atomic E-state index is 0.000442. The average molecular weight is 387 g/mol. The summed E-state index contributed by atoms with van der Waals surface area (Å²) >= 11 is 0. The number of hydrogen-bond donors (Lipinski definition) is 0. The molecule has 0 bridgehead atoms. The maximum atomic E-state index is 11.7. The maximum Gasteiger partial charge on any atom is 0.331 e. The van der Waals surface area contributed by atoms with Crippen LogP contribution in [0.25, 0.3) is 0 Å². The van der Waals surface area contributed by atoms with Gasteiger partial charge in [0.15, 0.2) is 16.6 Å². The molecule has 0 saturated heterocycles. The van der Waals surface area contributed by atoms with Gasteiger partial charge in [-0.1, -0.05) is 6.42 Å². The summed E-state index contributed by atoms with van der Waals surface area (Å²) < 4.78 is 16.7. The van der Waals surface area contributed by atoms with Gasteiger partial charge in [0.1, 0.15) is 6.10 Å². The molecule has 0 aromatic rings. The Morgan fingerprint density at radius 1 is 0.960 bits per heavy atom. The van der Waals surface area contributed by atoms with Gasteiger partial charge in [0.2, 0.25) is 0 Å². The van der Waals surface area contributed by atoms with Crippen LogP contribution in [0.3, 0.4) is 0 Å². The number of ether oxygens (including phenoxy) is 2. The number of esters is 2. The highest BCUT2D eigenvalue weighted by atomic mass is 28.4. The van der Waals surface area contributed by atoms with E-state index in [2.05, 4.69) is 32.7 Å². The molecule has 5 nitrogen and oxygen atoms in total. The predicted molar refractivity (Wildman–Crippen MR) is 104 cm³/mol. The third-order valence-electron chi connectivity index (χ3n) is 3.94. The summed E-state index contributed by atoms with van der Waals surface area (Å²) in [5, 5.41) is 0. The van der Waals surface area contributed by atoms with Gasteiger partial charge in [0.25, 0.3) is 0 Å². The van der Waals surface area contributed by atoms with Crippen molar-refractivity contribution in [3.8, 4) is 0 Å². The molecule has 0 heterocycles. The lowest BCUT2D eigenvalue weighted by molar-refractivity contribution is -0.145. The van der Waals surface area contributed by atoms with E-state index in [-0.39, 0.29) is 6.10 Å². The zero-order valence-corrected chi connectivity index (χ0v) is 18.4. The summed E-state index contributed by atoms with van der Waals surface area (Å²) in [7, 11) is -3.22. The van der Waals surface area contributed by atoms with Gasteiger partial charge in [-0.05, 0) is 70.9 Å². The number of carbonyl (C=O) groups excluding carboxylic acids is 2. The Kier molecular flexibility index (Phi) is 9.09. The summed E-state index contributed by atoms with van der Waals surface area (Å²) in [4.78, 5) is 23.3. The molecule has 0 aromatic carbocycles. The largest absolute Gasteiger partial charge is 0.463 e. The van der Waals surface area contributed by atoms with E-state index in [4.69, 9.17) is 13.6 Å². The van der Waals surface area contributed by atoms with Crippen LogP contribution in [0, 0.1) is 0 Å². The van der Waals surface area contributed by atoms with E-state index in [1.165, 1.54) is 12.5 Å². The molecule has 7 heteroatoms. The fourth-order valence-electron chi connectivity index (χ4n) is 3.12. The third-order valence-corrected chi connectivity index (χ3v) is 10.2. The highest BCUT2D eigenvalue weighted by molar-refractivity contribution is 6.84. The van der Waals surface area contributed by atoms with E-state index in [1.807, 2.05) is 0 Å². The fourth-order valence-corrected chi connectivity index (χ4v) is 11.2. The van der Waals surface area contributed by atoms with Crippen molar-refractivity contribution in [3.05, 3.63) is 12.2 Å². The standard InChI is InChI=1S/C18H34O5Si2/c1-24(2,3)23-25(4,5)15-9-14-21-17(19)12-13-18(20)22-16-10-7-6-8-11-16/h12-13,16H,6-11,14-15H2,1-5H3/b13-12+. The maximum absolute atomic E-state index is 11.7. The van der Waals surface area contributed by atoms with Crippen molar-refractivity contribution in [2.45, 2.75) is 83.4 Å². The lowest BCUT2D eigenvalue weighted by Crippen LogP contribution is -2.42. The summed E-state index contributed by atoms with van der Waals surface area (Å²) in [5.74, 6) is -0.952. The van der Waals surface area contributed by atoms with Crippen molar-refractivity contribution in [1.29, 1.82) is 0 Å². The molecule has 1 saturated carbocycles. The Balaban J connectivity index is 2.20. The minimum atomic E-state index is -1.69. The molecule has 1 rings (SSSR count). The number of hydrogen-bond acceptors (Lipinski definition) is 5. The van der Waals surface area contributed by atoms with E-state index in [0.717, 1.165) is 44.2 Å². The lowest BCUT2D eigenvalue weighted by atomic mass is 9.98. The molecule has 0 aliphatic heterocycles. The molecular weight excluding hydrogens is 352 g/mol. The molecule has 0 spiro atoms. The molecule has 1 aliphatic carbocycles. The molecule has 0 aromatic heterocycles. The lowest BCUT2D eigenvalue weighted by Gasteiger charge is -2.31. The molecule has 1 aliphatic rings. The molecule has 0 unspecified atom stereocenters. The molecular formula is C18H34O5Si2. The predicted octanol–water partition coefficient (Wildman–Crippen LogP) is 4.41. The molecule has 144 valence electrons. The van der Waals surface area contributed by atoms with Crippen molar-refractivity contribution in [2.24, 2.45) is 0 Å². The topological polar surface area (TPSA) is 61.8 Å². The van der Waals surface area contributed by atoms with Crippen LogP contribution in [0.5, 0.6) is 0 Å². The zero-order valence-electron chi connectivity index (χ0n) is 16.4. The van der Waals surface area contributed by atoms with Gasteiger partial charge >= 0.3 is 11.9 Å². The van der Waals surface area contributed by atoms with Crippen LogP contribution in [-0.4, -0.2) is 41.3 Å². The first-order chi connectivity index (χ1) is 11.6. The first kappa shape index (κ1) is 22.1. The molecule has 25 heavy (non-hydrogen) atoms. The second-order valence-corrected chi connectivity index (χ2v) is 17.3. The minimum Gasteiger partial charge on any atom is -0.463 e. The van der Waals surface area contributed by atoms with Gasteiger partial charge in [0, 0.05) is 12.2 Å². The highest BCUT2D eigenvalue weighted by Crippen LogP contribution is 2.21. The Morgan fingerprint density at radius 2 is 1.56 bits per heavy atom. The van der Waals surface area contributed by atoms with Crippen LogP contribution in [0.15, 0.2) is 12.2 Å². The quantitative estimate of drug-likeness (QED) is 0.254. The van der Waals surface area contributed by atoms with Gasteiger partial charge in [-0.15, -0.1) is 0 Å². The van der Waals surface area contributed by atoms with E-state index < -0.39 is 28.6 Å². The normalized spacial score (nSPS) is 16.8. The van der Waals surface area contributed by atoms with Crippen LogP contribution in [0.4, 0.5) is 0 Å². The van der Waals surface area contributed by atoms with Crippen molar-refractivity contribution >= 4 is 28.6 Å². The van der Waals surface area contributed by atoms with Gasteiger partial charge in [-0.25, -0.2) is 9.59 Å². The van der Waals surface area contributed by atoms with Gasteiger partial charge in [-0.3, -0.25) is 0 Å². The van der Waals surface area contributed by atoms with Gasteiger partial charge < -0.3 is 13.6 Å². The van der Waals surface area contributed by atoms with Crippen molar-refractivity contribution in [1.82, 2.24) is 0 Å². The molecule has 0 atom stereocenters.